The molecule has 5 nitrogen and oxygen atoms in total. The fourth-order valence-corrected chi connectivity index (χ4v) is 1.42. The van der Waals surface area contributed by atoms with E-state index in [9.17, 15) is 4.79 Å². The summed E-state index contributed by atoms with van der Waals surface area (Å²) < 4.78 is 6.66. The third-order valence-electron chi connectivity index (χ3n) is 2.22. The highest BCUT2D eigenvalue weighted by Gasteiger charge is 2.06. The molecule has 0 saturated carbocycles. The van der Waals surface area contributed by atoms with Gasteiger partial charge < -0.3 is 4.74 Å². The van der Waals surface area contributed by atoms with E-state index in [0.29, 0.717) is 19.0 Å². The Kier molecular flexibility index (Phi) is 3.16. The summed E-state index contributed by atoms with van der Waals surface area (Å²) >= 11 is 0. The van der Waals surface area contributed by atoms with Gasteiger partial charge in [0.25, 0.3) is 0 Å². The second-order valence-electron chi connectivity index (χ2n) is 3.37. The monoisotopic (exact) mass is 219 g/mol. The van der Waals surface area contributed by atoms with E-state index in [2.05, 4.69) is 10.3 Å². The summed E-state index contributed by atoms with van der Waals surface area (Å²) in [5.41, 5.74) is 0.949. The average Bonchev–Trinajstić information content (AvgIpc) is 2.70. The SMILES string of the molecule is COCCC(=O)Nc1ncc2ccccn12. The van der Waals surface area contributed by atoms with Crippen molar-refractivity contribution < 1.29 is 9.53 Å². The lowest BCUT2D eigenvalue weighted by atomic mass is 10.4. The van der Waals surface area contributed by atoms with Crippen molar-refractivity contribution in [1.29, 1.82) is 0 Å². The van der Waals surface area contributed by atoms with Crippen LogP contribution >= 0.6 is 0 Å². The zero-order chi connectivity index (χ0) is 11.4. The molecule has 0 unspecified atom stereocenters. The number of nitrogens with zero attached hydrogens (tertiary/aromatic N) is 2. The molecule has 5 heteroatoms. The smallest absolute Gasteiger partial charge is 0.229 e. The lowest BCUT2D eigenvalue weighted by Crippen LogP contribution is -2.15. The number of amides is 1. The van der Waals surface area contributed by atoms with Crippen LogP contribution < -0.4 is 5.32 Å². The number of ether oxygens (including phenoxy) is 1. The second-order valence-corrected chi connectivity index (χ2v) is 3.37. The quantitative estimate of drug-likeness (QED) is 0.843. The Hall–Kier alpha value is -1.88. The number of aromatic nitrogens is 2. The van der Waals surface area contributed by atoms with Crippen molar-refractivity contribution in [1.82, 2.24) is 9.38 Å². The molecule has 84 valence electrons. The van der Waals surface area contributed by atoms with E-state index in [1.807, 2.05) is 28.8 Å². The van der Waals surface area contributed by atoms with Gasteiger partial charge in [0.15, 0.2) is 0 Å². The zero-order valence-electron chi connectivity index (χ0n) is 9.01. The van der Waals surface area contributed by atoms with Crippen LogP contribution in [0.25, 0.3) is 5.52 Å². The number of anilines is 1. The summed E-state index contributed by atoms with van der Waals surface area (Å²) in [5.74, 6) is 0.440. The summed E-state index contributed by atoms with van der Waals surface area (Å²) in [6.07, 6.45) is 3.90. The molecule has 1 N–H and O–H groups in total. The largest absolute Gasteiger partial charge is 0.384 e. The number of hydrogen-bond donors (Lipinski definition) is 1. The molecule has 0 aliphatic heterocycles. The Morgan fingerprint density at radius 2 is 2.44 bits per heavy atom. The Morgan fingerprint density at radius 1 is 1.56 bits per heavy atom. The molecule has 2 rings (SSSR count). The maximum atomic E-state index is 11.5. The lowest BCUT2D eigenvalue weighted by Gasteiger charge is -2.03. The van der Waals surface area contributed by atoms with Gasteiger partial charge in [-0.2, -0.15) is 0 Å². The molecular formula is C11H13N3O2. The highest BCUT2D eigenvalue weighted by Crippen LogP contribution is 2.10. The van der Waals surface area contributed by atoms with Gasteiger partial charge >= 0.3 is 0 Å². The van der Waals surface area contributed by atoms with E-state index in [1.54, 1.807) is 13.3 Å². The van der Waals surface area contributed by atoms with Crippen LogP contribution in [-0.4, -0.2) is 29.0 Å². The van der Waals surface area contributed by atoms with Crippen molar-refractivity contribution in [3.63, 3.8) is 0 Å². The van der Waals surface area contributed by atoms with Crippen molar-refractivity contribution in [3.05, 3.63) is 30.6 Å². The van der Waals surface area contributed by atoms with Gasteiger partial charge in [0.2, 0.25) is 11.9 Å². The van der Waals surface area contributed by atoms with Crippen molar-refractivity contribution >= 4 is 17.4 Å². The Bertz CT molecular complexity index is 493. The number of methoxy groups -OCH3 is 1. The normalized spacial score (nSPS) is 10.6. The predicted molar refractivity (Wildman–Crippen MR) is 60.3 cm³/mol. The van der Waals surface area contributed by atoms with E-state index in [4.69, 9.17) is 4.74 Å². The molecule has 0 aliphatic carbocycles. The summed E-state index contributed by atoms with van der Waals surface area (Å²) in [5, 5.41) is 2.73. The van der Waals surface area contributed by atoms with Crippen molar-refractivity contribution in [3.8, 4) is 0 Å². The minimum Gasteiger partial charge on any atom is -0.384 e. The molecule has 0 aliphatic rings. The third-order valence-corrected chi connectivity index (χ3v) is 2.22. The van der Waals surface area contributed by atoms with Gasteiger partial charge in [0.05, 0.1) is 24.7 Å². The summed E-state index contributed by atoms with van der Waals surface area (Å²) in [6, 6.07) is 5.74. The molecular weight excluding hydrogens is 206 g/mol. The summed E-state index contributed by atoms with van der Waals surface area (Å²) in [4.78, 5) is 15.6. The first-order valence-corrected chi connectivity index (χ1v) is 5.02. The fourth-order valence-electron chi connectivity index (χ4n) is 1.42. The number of nitrogens with one attached hydrogen (secondary N) is 1. The van der Waals surface area contributed by atoms with Gasteiger partial charge in [-0.3, -0.25) is 14.5 Å². The molecule has 2 heterocycles. The van der Waals surface area contributed by atoms with Crippen LogP contribution in [0.4, 0.5) is 5.95 Å². The first kappa shape index (κ1) is 10.6. The lowest BCUT2D eigenvalue weighted by molar-refractivity contribution is -0.117. The standard InChI is InChI=1S/C11H13N3O2/c1-16-7-5-10(15)13-11-12-8-9-4-2-3-6-14(9)11/h2-4,6,8H,5,7H2,1H3,(H,12,13,15). The van der Waals surface area contributed by atoms with Crippen LogP contribution in [0.15, 0.2) is 30.6 Å². The van der Waals surface area contributed by atoms with Crippen LogP contribution in [0, 0.1) is 0 Å². The van der Waals surface area contributed by atoms with Crippen LogP contribution in [0.1, 0.15) is 6.42 Å². The molecule has 16 heavy (non-hydrogen) atoms. The zero-order valence-corrected chi connectivity index (χ0v) is 9.01. The van der Waals surface area contributed by atoms with Crippen LogP contribution in [0.3, 0.4) is 0 Å². The molecule has 0 saturated heterocycles. The Labute approximate surface area is 93.1 Å². The van der Waals surface area contributed by atoms with Gasteiger partial charge in [-0.05, 0) is 12.1 Å². The summed E-state index contributed by atoms with van der Waals surface area (Å²) in [7, 11) is 1.57. The maximum Gasteiger partial charge on any atom is 0.229 e. The number of pyridine rings is 1. The highest BCUT2D eigenvalue weighted by molar-refractivity contribution is 5.89. The molecule has 0 spiro atoms. The minimum absolute atomic E-state index is 0.0989. The van der Waals surface area contributed by atoms with Gasteiger partial charge in [0.1, 0.15) is 0 Å². The second kappa shape index (κ2) is 4.76. The molecule has 0 aromatic carbocycles. The Balaban J connectivity index is 2.12. The molecule has 0 radical (unpaired) electrons. The number of imidazole rings is 1. The van der Waals surface area contributed by atoms with Crippen molar-refractivity contribution in [2.75, 3.05) is 19.0 Å². The number of fused-ring (bicyclic) bond motifs is 1. The number of rotatable bonds is 4. The van der Waals surface area contributed by atoms with Crippen LogP contribution in [-0.2, 0) is 9.53 Å². The highest BCUT2D eigenvalue weighted by atomic mass is 16.5. The Morgan fingerprint density at radius 3 is 3.25 bits per heavy atom. The average molecular weight is 219 g/mol. The van der Waals surface area contributed by atoms with E-state index in [1.165, 1.54) is 0 Å². The number of carbonyl (C=O) groups excluding carboxylic acids is 1. The van der Waals surface area contributed by atoms with Gasteiger partial charge in [-0.15, -0.1) is 0 Å². The number of carbonyl (C=O) groups is 1. The van der Waals surface area contributed by atoms with E-state index < -0.39 is 0 Å². The fraction of sp³-hybridized carbons (Fsp3) is 0.273. The maximum absolute atomic E-state index is 11.5. The molecule has 2 aromatic rings. The van der Waals surface area contributed by atoms with Gasteiger partial charge in [0, 0.05) is 13.3 Å². The molecule has 0 bridgehead atoms. The summed E-state index contributed by atoms with van der Waals surface area (Å²) in [6.45, 7) is 0.412. The van der Waals surface area contributed by atoms with E-state index in [-0.39, 0.29) is 5.91 Å². The van der Waals surface area contributed by atoms with Crippen molar-refractivity contribution in [2.24, 2.45) is 0 Å². The van der Waals surface area contributed by atoms with Crippen LogP contribution in [0.2, 0.25) is 0 Å². The van der Waals surface area contributed by atoms with E-state index >= 15 is 0 Å². The first-order valence-electron chi connectivity index (χ1n) is 5.02. The third kappa shape index (κ3) is 2.20. The minimum atomic E-state index is -0.0989. The molecule has 1 amide bonds. The number of hydrogen-bond acceptors (Lipinski definition) is 3. The molecule has 0 fully saturated rings. The van der Waals surface area contributed by atoms with Crippen LogP contribution in [0.5, 0.6) is 0 Å². The topological polar surface area (TPSA) is 55.6 Å². The van der Waals surface area contributed by atoms with Gasteiger partial charge in [-0.1, -0.05) is 6.07 Å². The molecule has 0 atom stereocenters. The van der Waals surface area contributed by atoms with Gasteiger partial charge in [-0.25, -0.2) is 4.98 Å². The molecule has 2 aromatic heterocycles. The van der Waals surface area contributed by atoms with Crippen molar-refractivity contribution in [2.45, 2.75) is 6.42 Å². The van der Waals surface area contributed by atoms with E-state index in [0.717, 1.165) is 5.52 Å². The predicted octanol–water partition coefficient (Wildman–Crippen LogP) is 1.31. The first-order chi connectivity index (χ1) is 7.81.